The van der Waals surface area contributed by atoms with Gasteiger partial charge < -0.3 is 20.6 Å². The van der Waals surface area contributed by atoms with Crippen molar-refractivity contribution < 1.29 is 9.90 Å². The van der Waals surface area contributed by atoms with Gasteiger partial charge in [0.1, 0.15) is 5.82 Å². The highest BCUT2D eigenvalue weighted by Crippen LogP contribution is 2.12. The van der Waals surface area contributed by atoms with Gasteiger partial charge >= 0.3 is 0 Å². The van der Waals surface area contributed by atoms with E-state index in [0.717, 1.165) is 57.8 Å². The number of amides is 1. The van der Waals surface area contributed by atoms with E-state index < -0.39 is 0 Å². The minimum absolute atomic E-state index is 0.0257. The third-order valence-corrected chi connectivity index (χ3v) is 5.32. The van der Waals surface area contributed by atoms with Crippen molar-refractivity contribution in [2.24, 2.45) is 0 Å². The maximum Gasteiger partial charge on any atom is 0.252 e. The molecule has 28 heavy (non-hydrogen) atoms. The van der Waals surface area contributed by atoms with Gasteiger partial charge in [-0.25, -0.2) is 4.98 Å². The molecule has 1 fully saturated rings. The lowest BCUT2D eigenvalue weighted by Gasteiger charge is -2.28. The third-order valence-electron chi connectivity index (χ3n) is 5.32. The molecule has 1 aromatic heterocycles. The zero-order valence-electron chi connectivity index (χ0n) is 17.3. The summed E-state index contributed by atoms with van der Waals surface area (Å²) in [6.07, 6.45) is 13.7. The maximum atomic E-state index is 12.2. The average molecular weight is 391 g/mol. The summed E-state index contributed by atoms with van der Waals surface area (Å²) in [5, 5.41) is 15.1. The molecular weight excluding hydrogens is 352 g/mol. The topological polar surface area (TPSA) is 77.5 Å². The van der Waals surface area contributed by atoms with Crippen molar-refractivity contribution in [2.45, 2.75) is 64.2 Å². The van der Waals surface area contributed by atoms with E-state index >= 15 is 0 Å². The zero-order chi connectivity index (χ0) is 19.9. The summed E-state index contributed by atoms with van der Waals surface area (Å²) in [6.45, 7) is 4.95. The first-order chi connectivity index (χ1) is 13.8. The van der Waals surface area contributed by atoms with Gasteiger partial charge in [-0.15, -0.1) is 0 Å². The SMILES string of the molecule is O=C(NCCCCCCCCCCCCO)c1ccc(N2CCNCC2)nc1. The van der Waals surface area contributed by atoms with Gasteiger partial charge in [-0.3, -0.25) is 4.79 Å². The van der Waals surface area contributed by atoms with E-state index in [2.05, 4.69) is 20.5 Å². The first kappa shape index (κ1) is 22.6. The van der Waals surface area contributed by atoms with Gasteiger partial charge in [0.2, 0.25) is 0 Å². The summed E-state index contributed by atoms with van der Waals surface area (Å²) >= 11 is 0. The number of unbranched alkanes of at least 4 members (excludes halogenated alkanes) is 9. The van der Waals surface area contributed by atoms with Crippen molar-refractivity contribution in [3.05, 3.63) is 23.9 Å². The van der Waals surface area contributed by atoms with Crippen LogP contribution in [0.5, 0.6) is 0 Å². The number of carbonyl (C=O) groups is 1. The number of aliphatic hydroxyl groups excluding tert-OH is 1. The van der Waals surface area contributed by atoms with Crippen LogP contribution in [0, 0.1) is 0 Å². The van der Waals surface area contributed by atoms with Crippen molar-refractivity contribution >= 4 is 11.7 Å². The van der Waals surface area contributed by atoms with Gasteiger partial charge in [-0.05, 0) is 25.0 Å². The molecule has 2 rings (SSSR count). The van der Waals surface area contributed by atoms with E-state index in [-0.39, 0.29) is 5.91 Å². The molecule has 0 aliphatic carbocycles. The number of rotatable bonds is 14. The number of aromatic nitrogens is 1. The second kappa shape index (κ2) is 14.4. The molecule has 1 amide bonds. The molecule has 158 valence electrons. The highest BCUT2D eigenvalue weighted by Gasteiger charge is 2.12. The molecule has 0 unspecified atom stereocenters. The van der Waals surface area contributed by atoms with Gasteiger partial charge in [-0.1, -0.05) is 51.4 Å². The summed E-state index contributed by atoms with van der Waals surface area (Å²) in [5.41, 5.74) is 0.639. The Morgan fingerprint density at radius 1 is 0.964 bits per heavy atom. The molecule has 0 atom stereocenters. The van der Waals surface area contributed by atoms with Crippen molar-refractivity contribution in [2.75, 3.05) is 44.2 Å². The number of nitrogens with zero attached hydrogens (tertiary/aromatic N) is 2. The lowest BCUT2D eigenvalue weighted by molar-refractivity contribution is 0.0952. The van der Waals surface area contributed by atoms with E-state index in [9.17, 15) is 4.79 Å². The predicted octanol–water partition coefficient (Wildman–Crippen LogP) is 3.11. The number of hydrogen-bond acceptors (Lipinski definition) is 5. The summed E-state index contributed by atoms with van der Waals surface area (Å²) in [4.78, 5) is 18.9. The predicted molar refractivity (Wildman–Crippen MR) is 115 cm³/mol. The molecule has 6 nitrogen and oxygen atoms in total. The van der Waals surface area contributed by atoms with Crippen LogP contribution in [0.4, 0.5) is 5.82 Å². The van der Waals surface area contributed by atoms with Crippen molar-refractivity contribution in [3.63, 3.8) is 0 Å². The fourth-order valence-corrected chi connectivity index (χ4v) is 3.56. The van der Waals surface area contributed by atoms with E-state index in [1.54, 1.807) is 6.20 Å². The van der Waals surface area contributed by atoms with Crippen LogP contribution in [0.15, 0.2) is 18.3 Å². The first-order valence-electron chi connectivity index (χ1n) is 11.1. The van der Waals surface area contributed by atoms with Crippen LogP contribution < -0.4 is 15.5 Å². The number of hydrogen-bond donors (Lipinski definition) is 3. The largest absolute Gasteiger partial charge is 0.396 e. The van der Waals surface area contributed by atoms with Gasteiger partial charge in [0.25, 0.3) is 5.91 Å². The van der Waals surface area contributed by atoms with Crippen LogP contribution in [0.1, 0.15) is 74.6 Å². The van der Waals surface area contributed by atoms with E-state index in [4.69, 9.17) is 5.11 Å². The Balaban J connectivity index is 1.48. The Kier molecular flexibility index (Phi) is 11.6. The number of piperazine rings is 1. The van der Waals surface area contributed by atoms with Crippen LogP contribution >= 0.6 is 0 Å². The molecule has 1 aliphatic rings. The van der Waals surface area contributed by atoms with Crippen LogP contribution in [0.2, 0.25) is 0 Å². The van der Waals surface area contributed by atoms with Crippen LogP contribution in [0.3, 0.4) is 0 Å². The minimum atomic E-state index is -0.0257. The molecular formula is C22H38N4O2. The smallest absolute Gasteiger partial charge is 0.252 e. The standard InChI is InChI=1S/C22H38N4O2/c27-18-10-8-6-4-2-1-3-5-7-9-13-24-22(28)20-11-12-21(25-19-20)26-16-14-23-15-17-26/h11-12,19,23,27H,1-10,13-18H2,(H,24,28). The van der Waals surface area contributed by atoms with Gasteiger partial charge in [-0.2, -0.15) is 0 Å². The Hall–Kier alpha value is -1.66. The van der Waals surface area contributed by atoms with Gasteiger partial charge in [0.15, 0.2) is 0 Å². The van der Waals surface area contributed by atoms with Crippen LogP contribution in [-0.2, 0) is 0 Å². The minimum Gasteiger partial charge on any atom is -0.396 e. The molecule has 6 heteroatoms. The molecule has 2 heterocycles. The quantitative estimate of drug-likeness (QED) is 0.426. The second-order valence-corrected chi connectivity index (χ2v) is 7.66. The molecule has 1 saturated heterocycles. The van der Waals surface area contributed by atoms with Crippen molar-refractivity contribution in [1.82, 2.24) is 15.6 Å². The lowest BCUT2D eigenvalue weighted by Crippen LogP contribution is -2.43. The average Bonchev–Trinajstić information content (AvgIpc) is 2.75. The molecule has 3 N–H and O–H groups in total. The number of aliphatic hydroxyl groups is 1. The number of nitrogens with one attached hydrogen (secondary N) is 2. The summed E-state index contributed by atoms with van der Waals surface area (Å²) in [5.74, 6) is 0.925. The summed E-state index contributed by atoms with van der Waals surface area (Å²) in [6, 6.07) is 3.82. The molecule has 0 radical (unpaired) electrons. The van der Waals surface area contributed by atoms with Gasteiger partial charge in [0.05, 0.1) is 5.56 Å². The van der Waals surface area contributed by atoms with Gasteiger partial charge in [0, 0.05) is 45.5 Å². The molecule has 0 saturated carbocycles. The van der Waals surface area contributed by atoms with Crippen molar-refractivity contribution in [3.8, 4) is 0 Å². The monoisotopic (exact) mass is 390 g/mol. The van der Waals surface area contributed by atoms with E-state index in [1.807, 2.05) is 12.1 Å². The second-order valence-electron chi connectivity index (χ2n) is 7.66. The maximum absolute atomic E-state index is 12.2. The molecule has 0 aromatic carbocycles. The Morgan fingerprint density at radius 2 is 1.57 bits per heavy atom. The van der Waals surface area contributed by atoms with Crippen LogP contribution in [-0.4, -0.2) is 55.3 Å². The van der Waals surface area contributed by atoms with E-state index in [0.29, 0.717) is 12.2 Å². The Morgan fingerprint density at radius 3 is 2.14 bits per heavy atom. The lowest BCUT2D eigenvalue weighted by atomic mass is 10.1. The Bertz CT molecular complexity index is 530. The number of carbonyl (C=O) groups excluding carboxylic acids is 1. The van der Waals surface area contributed by atoms with Crippen LogP contribution in [0.25, 0.3) is 0 Å². The highest BCUT2D eigenvalue weighted by molar-refractivity contribution is 5.94. The molecule has 0 spiro atoms. The van der Waals surface area contributed by atoms with Crippen molar-refractivity contribution in [1.29, 1.82) is 0 Å². The zero-order valence-corrected chi connectivity index (χ0v) is 17.3. The molecule has 0 bridgehead atoms. The normalized spacial score (nSPS) is 14.2. The molecule has 1 aliphatic heterocycles. The molecule has 1 aromatic rings. The highest BCUT2D eigenvalue weighted by atomic mass is 16.2. The Labute approximate surface area is 170 Å². The number of anilines is 1. The summed E-state index contributed by atoms with van der Waals surface area (Å²) in [7, 11) is 0. The fourth-order valence-electron chi connectivity index (χ4n) is 3.56. The number of pyridine rings is 1. The van der Waals surface area contributed by atoms with E-state index in [1.165, 1.54) is 44.9 Å². The first-order valence-corrected chi connectivity index (χ1v) is 11.1. The third kappa shape index (κ3) is 9.02. The fraction of sp³-hybridized carbons (Fsp3) is 0.727. The summed E-state index contributed by atoms with van der Waals surface area (Å²) < 4.78 is 0.